The first-order valence-electron chi connectivity index (χ1n) is 13.9. The largest absolute Gasteiger partial charge is 0.508 e. The fourth-order valence-corrected chi connectivity index (χ4v) is 5.78. The van der Waals surface area contributed by atoms with Gasteiger partial charge in [0.25, 0.3) is 0 Å². The highest BCUT2D eigenvalue weighted by Crippen LogP contribution is 2.27. The number of carbonyl (C=O) groups is 4. The normalized spacial score (nSPS) is 21.5. The van der Waals surface area contributed by atoms with Gasteiger partial charge in [-0.25, -0.2) is 0 Å². The van der Waals surface area contributed by atoms with Crippen molar-refractivity contribution in [3.05, 3.63) is 29.8 Å². The molecule has 2 aliphatic heterocycles. The predicted octanol–water partition coefficient (Wildman–Crippen LogP) is 2.07. The highest BCUT2D eigenvalue weighted by molar-refractivity contribution is 6.36. The Bertz CT molecular complexity index is 960. The molecule has 3 aliphatic rings. The van der Waals surface area contributed by atoms with Crippen molar-refractivity contribution in [3.63, 3.8) is 0 Å². The van der Waals surface area contributed by atoms with Gasteiger partial charge in [0.2, 0.25) is 0 Å². The van der Waals surface area contributed by atoms with Crippen molar-refractivity contribution in [2.75, 3.05) is 39.3 Å². The summed E-state index contributed by atoms with van der Waals surface area (Å²) in [6.07, 6.45) is 10.2. The zero-order valence-electron chi connectivity index (χ0n) is 21.7. The van der Waals surface area contributed by atoms with Gasteiger partial charge in [-0.3, -0.25) is 19.2 Å². The Balaban J connectivity index is 1.19. The lowest BCUT2D eigenvalue weighted by Crippen LogP contribution is -2.58. The summed E-state index contributed by atoms with van der Waals surface area (Å²) in [6.45, 7) is 3.15. The molecule has 3 fully saturated rings. The summed E-state index contributed by atoms with van der Waals surface area (Å²) in [6, 6.07) is 6.87. The van der Waals surface area contributed by atoms with Gasteiger partial charge in [0.05, 0.1) is 0 Å². The summed E-state index contributed by atoms with van der Waals surface area (Å²) in [4.78, 5) is 54.8. The number of nitrogens with zero attached hydrogens (tertiary/aromatic N) is 3. The van der Waals surface area contributed by atoms with E-state index in [9.17, 15) is 24.3 Å². The molecule has 2 heterocycles. The Labute approximate surface area is 219 Å². The number of phenols is 1. The van der Waals surface area contributed by atoms with Crippen LogP contribution in [0.1, 0.15) is 63.4 Å². The van der Waals surface area contributed by atoms with Crippen molar-refractivity contribution in [1.82, 2.24) is 20.0 Å². The standard InChI is InChI=1S/C28H40N4O5/c33-24-11-9-22(10-12-24)13-16-31-19-18-30(27(36)28(31)37)15-5-4-8-23-20-29-25(34)26(35)32(23)17-14-21-6-2-1-3-7-21/h9-12,21,23,33H,1-8,13-20H2,(H,29,34)/t23-/m0/s1. The number of hydrogen-bond acceptors (Lipinski definition) is 5. The van der Waals surface area contributed by atoms with Crippen LogP contribution in [0.5, 0.6) is 5.75 Å². The highest BCUT2D eigenvalue weighted by Gasteiger charge is 2.34. The number of hydrogen-bond donors (Lipinski definition) is 2. The number of phenolic OH excluding ortho intramolecular Hbond substituents is 1. The maximum absolute atomic E-state index is 12.7. The summed E-state index contributed by atoms with van der Waals surface area (Å²) in [7, 11) is 0. The van der Waals surface area contributed by atoms with Gasteiger partial charge < -0.3 is 25.1 Å². The average molecular weight is 513 g/mol. The molecule has 1 aromatic carbocycles. The molecular formula is C28H40N4O5. The van der Waals surface area contributed by atoms with Crippen molar-refractivity contribution in [2.24, 2.45) is 5.92 Å². The zero-order valence-corrected chi connectivity index (χ0v) is 21.7. The fraction of sp³-hybridized carbons (Fsp3) is 0.643. The van der Waals surface area contributed by atoms with Gasteiger partial charge in [0.15, 0.2) is 0 Å². The van der Waals surface area contributed by atoms with Gasteiger partial charge >= 0.3 is 23.6 Å². The third kappa shape index (κ3) is 7.23. The third-order valence-electron chi connectivity index (χ3n) is 8.12. The Hall–Kier alpha value is -3.10. The second kappa shape index (κ2) is 12.9. The molecule has 37 heavy (non-hydrogen) atoms. The molecule has 2 saturated heterocycles. The number of nitrogens with one attached hydrogen (secondary N) is 1. The summed E-state index contributed by atoms with van der Waals surface area (Å²) < 4.78 is 0. The van der Waals surface area contributed by atoms with Crippen molar-refractivity contribution in [1.29, 1.82) is 0 Å². The van der Waals surface area contributed by atoms with Crippen molar-refractivity contribution < 1.29 is 24.3 Å². The van der Waals surface area contributed by atoms with Crippen molar-refractivity contribution >= 4 is 23.6 Å². The van der Waals surface area contributed by atoms with E-state index in [1.807, 2.05) is 12.1 Å². The first-order valence-corrected chi connectivity index (χ1v) is 13.9. The van der Waals surface area contributed by atoms with Crippen LogP contribution in [-0.2, 0) is 25.6 Å². The van der Waals surface area contributed by atoms with E-state index in [-0.39, 0.29) is 11.8 Å². The van der Waals surface area contributed by atoms with Crippen LogP contribution in [0.25, 0.3) is 0 Å². The minimum atomic E-state index is -0.507. The van der Waals surface area contributed by atoms with Crippen molar-refractivity contribution in [2.45, 2.75) is 70.3 Å². The van der Waals surface area contributed by atoms with E-state index >= 15 is 0 Å². The first-order chi connectivity index (χ1) is 17.9. The van der Waals surface area contributed by atoms with E-state index in [4.69, 9.17) is 0 Å². The topological polar surface area (TPSA) is 110 Å². The maximum atomic E-state index is 12.7. The molecule has 4 amide bonds. The van der Waals surface area contributed by atoms with Gasteiger partial charge in [-0.05, 0) is 55.7 Å². The van der Waals surface area contributed by atoms with E-state index in [2.05, 4.69) is 5.32 Å². The molecule has 0 spiro atoms. The van der Waals surface area contributed by atoms with E-state index in [1.165, 1.54) is 32.1 Å². The second-order valence-corrected chi connectivity index (χ2v) is 10.7. The SMILES string of the molecule is O=C1NC[C@H](CCCCN2CCN(CCc3ccc(O)cc3)C(=O)C2=O)N(CCC2CCCCC2)C1=O. The van der Waals surface area contributed by atoms with Crippen LogP contribution < -0.4 is 5.32 Å². The fourth-order valence-electron chi connectivity index (χ4n) is 5.78. The third-order valence-corrected chi connectivity index (χ3v) is 8.12. The van der Waals surface area contributed by atoms with Gasteiger partial charge in [-0.2, -0.15) is 0 Å². The van der Waals surface area contributed by atoms with Crippen LogP contribution in [-0.4, -0.2) is 88.7 Å². The Morgan fingerprint density at radius 2 is 1.46 bits per heavy atom. The molecule has 4 rings (SSSR count). The van der Waals surface area contributed by atoms with E-state index in [1.54, 1.807) is 26.8 Å². The molecule has 0 bridgehead atoms. The lowest BCUT2D eigenvalue weighted by Gasteiger charge is -2.37. The van der Waals surface area contributed by atoms with E-state index < -0.39 is 23.6 Å². The minimum absolute atomic E-state index is 0.0112. The second-order valence-electron chi connectivity index (χ2n) is 10.7. The van der Waals surface area contributed by atoms with Crippen LogP contribution in [0.2, 0.25) is 0 Å². The van der Waals surface area contributed by atoms with Crippen molar-refractivity contribution in [3.8, 4) is 5.75 Å². The van der Waals surface area contributed by atoms with E-state index in [0.717, 1.165) is 31.2 Å². The Kier molecular flexibility index (Phi) is 9.41. The molecule has 1 aliphatic carbocycles. The predicted molar refractivity (Wildman–Crippen MR) is 139 cm³/mol. The van der Waals surface area contributed by atoms with Crippen LogP contribution in [0.3, 0.4) is 0 Å². The van der Waals surface area contributed by atoms with Crippen LogP contribution in [0.4, 0.5) is 0 Å². The summed E-state index contributed by atoms with van der Waals surface area (Å²) in [5.74, 6) is -0.986. The number of benzene rings is 1. The van der Waals surface area contributed by atoms with E-state index in [0.29, 0.717) is 51.6 Å². The molecule has 1 atom stereocenters. The molecule has 1 aromatic rings. The summed E-state index contributed by atoms with van der Waals surface area (Å²) in [5, 5.41) is 12.1. The van der Waals surface area contributed by atoms with Gasteiger partial charge in [-0.1, -0.05) is 44.2 Å². The van der Waals surface area contributed by atoms with Gasteiger partial charge in [-0.15, -0.1) is 0 Å². The minimum Gasteiger partial charge on any atom is -0.508 e. The maximum Gasteiger partial charge on any atom is 0.312 e. The smallest absolute Gasteiger partial charge is 0.312 e. The number of carbonyl (C=O) groups excluding carboxylic acids is 4. The lowest BCUT2D eigenvalue weighted by molar-refractivity contribution is -0.156. The number of piperazine rings is 2. The number of amides is 4. The molecule has 0 aromatic heterocycles. The zero-order chi connectivity index (χ0) is 26.2. The molecule has 0 unspecified atom stereocenters. The molecule has 9 nitrogen and oxygen atoms in total. The molecule has 2 N–H and O–H groups in total. The monoisotopic (exact) mass is 512 g/mol. The van der Waals surface area contributed by atoms with Crippen LogP contribution in [0, 0.1) is 5.92 Å². The summed E-state index contributed by atoms with van der Waals surface area (Å²) >= 11 is 0. The average Bonchev–Trinajstić information content (AvgIpc) is 2.91. The van der Waals surface area contributed by atoms with Gasteiger partial charge in [0, 0.05) is 45.3 Å². The molecule has 9 heteroatoms. The molecular weight excluding hydrogens is 472 g/mol. The number of aromatic hydroxyl groups is 1. The molecule has 0 radical (unpaired) electrons. The highest BCUT2D eigenvalue weighted by atomic mass is 16.3. The molecule has 1 saturated carbocycles. The number of unbranched alkanes of at least 4 members (excludes halogenated alkanes) is 1. The first kappa shape index (κ1) is 26.9. The van der Waals surface area contributed by atoms with Gasteiger partial charge in [0.1, 0.15) is 5.75 Å². The number of rotatable bonds is 11. The Morgan fingerprint density at radius 1 is 0.784 bits per heavy atom. The quantitative estimate of drug-likeness (QED) is 0.348. The summed E-state index contributed by atoms with van der Waals surface area (Å²) in [5.41, 5.74) is 1.01. The Morgan fingerprint density at radius 3 is 2.16 bits per heavy atom. The van der Waals surface area contributed by atoms with Crippen LogP contribution in [0.15, 0.2) is 24.3 Å². The van der Waals surface area contributed by atoms with Crippen LogP contribution >= 0.6 is 0 Å². The lowest BCUT2D eigenvalue weighted by atomic mass is 9.86. The molecule has 202 valence electrons.